The fraction of sp³-hybridized carbons (Fsp3) is 0.208. The Morgan fingerprint density at radius 1 is 1.06 bits per heavy atom. The third-order valence-corrected chi connectivity index (χ3v) is 5.01. The minimum atomic E-state index is -1.01. The van der Waals surface area contributed by atoms with Crippen LogP contribution in [-0.2, 0) is 4.79 Å². The number of benzene rings is 2. The lowest BCUT2D eigenvalue weighted by molar-refractivity contribution is -0.137. The number of aryl methyl sites for hydroxylation is 2. The molecule has 1 heterocycles. The summed E-state index contributed by atoms with van der Waals surface area (Å²) in [4.78, 5) is 28.8. The molecule has 1 atom stereocenters. The van der Waals surface area contributed by atoms with Crippen LogP contribution in [0, 0.1) is 13.8 Å². The van der Waals surface area contributed by atoms with Crippen LogP contribution in [0.2, 0.25) is 5.02 Å². The summed E-state index contributed by atoms with van der Waals surface area (Å²) >= 11 is 6.19. The third kappa shape index (κ3) is 5.61. The first-order chi connectivity index (χ1) is 14.8. The quantitative estimate of drug-likeness (QED) is 0.543. The van der Waals surface area contributed by atoms with E-state index in [-0.39, 0.29) is 12.1 Å². The fourth-order valence-electron chi connectivity index (χ4n) is 3.28. The van der Waals surface area contributed by atoms with E-state index in [9.17, 15) is 14.7 Å². The number of carboxylic acids is 1. The lowest BCUT2D eigenvalue weighted by Gasteiger charge is -2.18. The summed E-state index contributed by atoms with van der Waals surface area (Å²) in [5.41, 5.74) is 4.05. The summed E-state index contributed by atoms with van der Waals surface area (Å²) in [6, 6.07) is 15.4. The Labute approximate surface area is 185 Å². The molecule has 1 aromatic heterocycles. The van der Waals surface area contributed by atoms with Crippen molar-refractivity contribution in [2.45, 2.75) is 26.3 Å². The van der Waals surface area contributed by atoms with Crippen LogP contribution in [0.5, 0.6) is 5.75 Å². The van der Waals surface area contributed by atoms with Crippen LogP contribution in [0.3, 0.4) is 0 Å². The molecule has 3 aromatic rings. The van der Waals surface area contributed by atoms with E-state index < -0.39 is 17.9 Å². The summed E-state index contributed by atoms with van der Waals surface area (Å²) in [5, 5.41) is 12.6. The number of nitrogens with one attached hydrogen (secondary N) is 1. The maximum atomic E-state index is 13.0. The summed E-state index contributed by atoms with van der Waals surface area (Å²) in [6.07, 6.45) is -0.245. The predicted octanol–water partition coefficient (Wildman–Crippen LogP) is 4.97. The van der Waals surface area contributed by atoms with Crippen molar-refractivity contribution >= 4 is 23.5 Å². The highest BCUT2D eigenvalue weighted by molar-refractivity contribution is 6.31. The average molecular weight is 439 g/mol. The Kier molecular flexibility index (Phi) is 6.92. The van der Waals surface area contributed by atoms with E-state index in [0.29, 0.717) is 22.0 Å². The van der Waals surface area contributed by atoms with Crippen molar-refractivity contribution in [2.75, 3.05) is 7.11 Å². The highest BCUT2D eigenvalue weighted by atomic mass is 35.5. The zero-order chi connectivity index (χ0) is 22.5. The van der Waals surface area contributed by atoms with Gasteiger partial charge in [0, 0.05) is 10.6 Å². The first-order valence-electron chi connectivity index (χ1n) is 9.68. The lowest BCUT2D eigenvalue weighted by atomic mass is 10.0. The maximum Gasteiger partial charge on any atom is 0.305 e. The Morgan fingerprint density at radius 2 is 1.77 bits per heavy atom. The zero-order valence-electron chi connectivity index (χ0n) is 17.5. The zero-order valence-corrected chi connectivity index (χ0v) is 18.2. The van der Waals surface area contributed by atoms with Crippen LogP contribution in [0.15, 0.2) is 54.6 Å². The molecule has 0 spiro atoms. The van der Waals surface area contributed by atoms with Crippen LogP contribution in [0.4, 0.5) is 0 Å². The van der Waals surface area contributed by atoms with E-state index in [0.717, 1.165) is 16.7 Å². The molecule has 1 amide bonds. The first-order valence-corrected chi connectivity index (χ1v) is 10.1. The van der Waals surface area contributed by atoms with E-state index in [1.165, 1.54) is 7.11 Å². The second-order valence-electron chi connectivity index (χ2n) is 7.30. The molecule has 2 N–H and O–H groups in total. The van der Waals surface area contributed by atoms with Gasteiger partial charge in [-0.1, -0.05) is 41.4 Å². The number of ether oxygens (including phenoxy) is 1. The molecule has 0 fully saturated rings. The second-order valence-corrected chi connectivity index (χ2v) is 7.74. The molecule has 0 saturated heterocycles. The summed E-state index contributed by atoms with van der Waals surface area (Å²) in [6.45, 7) is 3.85. The summed E-state index contributed by atoms with van der Waals surface area (Å²) in [7, 11) is 1.53. The predicted molar refractivity (Wildman–Crippen MR) is 120 cm³/mol. The van der Waals surface area contributed by atoms with Crippen molar-refractivity contribution in [2.24, 2.45) is 0 Å². The van der Waals surface area contributed by atoms with Crippen LogP contribution < -0.4 is 10.1 Å². The number of carbonyl (C=O) groups excluding carboxylic acids is 1. The molecule has 0 bridgehead atoms. The largest absolute Gasteiger partial charge is 0.494 e. The van der Waals surface area contributed by atoms with E-state index in [1.54, 1.807) is 18.2 Å². The number of pyridine rings is 1. The second kappa shape index (κ2) is 9.62. The normalized spacial score (nSPS) is 11.6. The molecule has 6 nitrogen and oxygen atoms in total. The van der Waals surface area contributed by atoms with E-state index in [2.05, 4.69) is 10.3 Å². The van der Waals surface area contributed by atoms with Gasteiger partial charge in [-0.2, -0.15) is 0 Å². The summed E-state index contributed by atoms with van der Waals surface area (Å²) in [5.74, 6) is -0.989. The van der Waals surface area contributed by atoms with Crippen LogP contribution in [-0.4, -0.2) is 29.1 Å². The van der Waals surface area contributed by atoms with Crippen LogP contribution in [0.25, 0.3) is 11.3 Å². The molecule has 3 rings (SSSR count). The standard InChI is InChI=1S/C24H23ClN2O4/c1-14-4-6-16(7-5-14)20(13-22(28)29)27-24(30)19-8-9-21(31-3)23(26-19)17-10-15(2)11-18(25)12-17/h4-12,20H,13H2,1-3H3,(H,27,30)(H,28,29). The van der Waals surface area contributed by atoms with Crippen LogP contribution >= 0.6 is 11.6 Å². The van der Waals surface area contributed by atoms with E-state index >= 15 is 0 Å². The van der Waals surface area contributed by atoms with Gasteiger partial charge in [-0.15, -0.1) is 0 Å². The third-order valence-electron chi connectivity index (χ3n) is 4.79. The van der Waals surface area contributed by atoms with Gasteiger partial charge < -0.3 is 15.2 Å². The molecule has 0 radical (unpaired) electrons. The van der Waals surface area contributed by atoms with Gasteiger partial charge in [-0.05, 0) is 55.3 Å². The number of hydrogen-bond acceptors (Lipinski definition) is 4. The minimum Gasteiger partial charge on any atom is -0.494 e. The molecule has 0 aliphatic rings. The molecular formula is C24H23ClN2O4. The molecular weight excluding hydrogens is 416 g/mol. The monoisotopic (exact) mass is 438 g/mol. The number of amides is 1. The van der Waals surface area contributed by atoms with Gasteiger partial charge in [0.15, 0.2) is 0 Å². The van der Waals surface area contributed by atoms with Crippen LogP contribution in [0.1, 0.15) is 39.6 Å². The summed E-state index contributed by atoms with van der Waals surface area (Å²) < 4.78 is 5.41. The lowest BCUT2D eigenvalue weighted by Crippen LogP contribution is -2.30. The smallest absolute Gasteiger partial charge is 0.305 e. The van der Waals surface area contributed by atoms with Gasteiger partial charge in [0.25, 0.3) is 5.91 Å². The molecule has 7 heteroatoms. The molecule has 2 aromatic carbocycles. The average Bonchev–Trinajstić information content (AvgIpc) is 2.72. The number of methoxy groups -OCH3 is 1. The Bertz CT molecular complexity index is 1090. The number of halogens is 1. The van der Waals surface area contributed by atoms with Crippen molar-refractivity contribution in [1.82, 2.24) is 10.3 Å². The van der Waals surface area contributed by atoms with Gasteiger partial charge >= 0.3 is 5.97 Å². The maximum absolute atomic E-state index is 13.0. The first kappa shape index (κ1) is 22.3. The Hall–Kier alpha value is -3.38. The van der Waals surface area contributed by atoms with E-state index in [1.807, 2.05) is 50.2 Å². The Morgan fingerprint density at radius 3 is 2.39 bits per heavy atom. The van der Waals surface area contributed by atoms with Gasteiger partial charge in [0.2, 0.25) is 0 Å². The topological polar surface area (TPSA) is 88.5 Å². The van der Waals surface area contributed by atoms with Gasteiger partial charge in [0.05, 0.1) is 19.6 Å². The number of aliphatic carboxylic acids is 1. The van der Waals surface area contributed by atoms with Crippen molar-refractivity contribution in [3.63, 3.8) is 0 Å². The molecule has 160 valence electrons. The van der Waals surface area contributed by atoms with Crippen molar-refractivity contribution < 1.29 is 19.4 Å². The number of rotatable bonds is 7. The number of aromatic nitrogens is 1. The number of hydrogen-bond donors (Lipinski definition) is 2. The molecule has 0 saturated carbocycles. The van der Waals surface area contributed by atoms with Gasteiger partial charge in [-0.25, -0.2) is 4.98 Å². The Balaban J connectivity index is 1.94. The highest BCUT2D eigenvalue weighted by Crippen LogP contribution is 2.31. The fourth-order valence-corrected chi connectivity index (χ4v) is 3.56. The number of carboxylic acid groups (broad SMARTS) is 1. The highest BCUT2D eigenvalue weighted by Gasteiger charge is 2.21. The minimum absolute atomic E-state index is 0.149. The molecule has 31 heavy (non-hydrogen) atoms. The van der Waals surface area contributed by atoms with Crippen molar-refractivity contribution in [1.29, 1.82) is 0 Å². The van der Waals surface area contributed by atoms with Gasteiger partial charge in [-0.3, -0.25) is 9.59 Å². The van der Waals surface area contributed by atoms with Crippen molar-refractivity contribution in [3.8, 4) is 17.0 Å². The van der Waals surface area contributed by atoms with E-state index in [4.69, 9.17) is 16.3 Å². The molecule has 0 aliphatic heterocycles. The molecule has 0 aliphatic carbocycles. The van der Waals surface area contributed by atoms with Crippen molar-refractivity contribution in [3.05, 3.63) is 82.0 Å². The number of carbonyl (C=O) groups is 2. The SMILES string of the molecule is COc1ccc(C(=O)NC(CC(=O)O)c2ccc(C)cc2)nc1-c1cc(C)cc(Cl)c1. The van der Waals surface area contributed by atoms with Gasteiger partial charge in [0.1, 0.15) is 17.1 Å². The number of nitrogens with zero attached hydrogens (tertiary/aromatic N) is 1. The molecule has 1 unspecified atom stereocenters.